The van der Waals surface area contributed by atoms with Crippen LogP contribution in [0.25, 0.3) is 0 Å². The Balaban J connectivity index is 2.92. The lowest BCUT2D eigenvalue weighted by Gasteiger charge is -2.10. The minimum absolute atomic E-state index is 0.278. The van der Waals surface area contributed by atoms with Gasteiger partial charge >= 0.3 is 0 Å². The van der Waals surface area contributed by atoms with Crippen molar-refractivity contribution in [2.45, 2.75) is 13.0 Å². The van der Waals surface area contributed by atoms with Crippen LogP contribution in [0.1, 0.15) is 12.5 Å². The molecule has 0 aliphatic rings. The van der Waals surface area contributed by atoms with Gasteiger partial charge in [0, 0.05) is 0 Å². The Morgan fingerprint density at radius 3 is 2.79 bits per heavy atom. The fourth-order valence-electron chi connectivity index (χ4n) is 0.890. The number of terminal acetylenes is 1. The molecule has 3 heteroatoms. The first-order valence-electron chi connectivity index (χ1n) is 4.00. The summed E-state index contributed by atoms with van der Waals surface area (Å²) in [6.07, 6.45) is 4.90. The third-order valence-corrected chi connectivity index (χ3v) is 2.22. The van der Waals surface area contributed by atoms with Crippen LogP contribution in [-0.4, -0.2) is 6.10 Å². The van der Waals surface area contributed by atoms with Gasteiger partial charge in [-0.25, -0.2) is 0 Å². The van der Waals surface area contributed by atoms with Crippen LogP contribution >= 0.6 is 15.9 Å². The van der Waals surface area contributed by atoms with Gasteiger partial charge in [-0.15, -0.1) is 6.42 Å². The molecule has 1 atom stereocenters. The maximum atomic E-state index is 8.64. The third-order valence-electron chi connectivity index (χ3n) is 1.60. The normalized spacial score (nSPS) is 11.1. The number of nitrogens with zero attached hydrogens (tertiary/aromatic N) is 1. The van der Waals surface area contributed by atoms with E-state index in [0.29, 0.717) is 11.3 Å². The Bertz CT molecular complexity index is 414. The second-order valence-electron chi connectivity index (χ2n) is 2.68. The highest BCUT2D eigenvalue weighted by molar-refractivity contribution is 9.10. The van der Waals surface area contributed by atoms with Gasteiger partial charge in [-0.05, 0) is 41.1 Å². The molecule has 1 rings (SSSR count). The Morgan fingerprint density at radius 2 is 2.29 bits per heavy atom. The van der Waals surface area contributed by atoms with Gasteiger partial charge in [0.2, 0.25) is 0 Å². The van der Waals surface area contributed by atoms with E-state index in [4.69, 9.17) is 16.4 Å². The van der Waals surface area contributed by atoms with Crippen molar-refractivity contribution < 1.29 is 4.74 Å². The lowest BCUT2D eigenvalue weighted by atomic mass is 10.2. The minimum atomic E-state index is -0.278. The molecule has 2 nitrogen and oxygen atoms in total. The summed E-state index contributed by atoms with van der Waals surface area (Å²) in [6, 6.07) is 7.13. The molecule has 14 heavy (non-hydrogen) atoms. The van der Waals surface area contributed by atoms with Crippen LogP contribution in [0.2, 0.25) is 0 Å². The third kappa shape index (κ3) is 2.52. The van der Waals surface area contributed by atoms with Gasteiger partial charge < -0.3 is 4.74 Å². The van der Waals surface area contributed by atoms with E-state index >= 15 is 0 Å². The van der Waals surface area contributed by atoms with Crippen molar-refractivity contribution in [3.8, 4) is 24.2 Å². The molecule has 0 amide bonds. The fourth-order valence-corrected chi connectivity index (χ4v) is 1.36. The lowest BCUT2D eigenvalue weighted by molar-refractivity contribution is 0.277. The number of nitriles is 1. The molecule has 0 saturated heterocycles. The van der Waals surface area contributed by atoms with Gasteiger partial charge in [-0.2, -0.15) is 5.26 Å². The maximum Gasteiger partial charge on any atom is 0.156 e. The summed E-state index contributed by atoms with van der Waals surface area (Å²) in [7, 11) is 0. The highest BCUT2D eigenvalue weighted by Gasteiger charge is 2.05. The first kappa shape index (κ1) is 10.6. The zero-order valence-corrected chi connectivity index (χ0v) is 9.21. The van der Waals surface area contributed by atoms with Crippen molar-refractivity contribution in [1.82, 2.24) is 0 Å². The Hall–Kier alpha value is -1.45. The second kappa shape index (κ2) is 4.69. The molecule has 0 bridgehead atoms. The van der Waals surface area contributed by atoms with Crippen LogP contribution in [0.5, 0.6) is 5.75 Å². The molecule has 0 fully saturated rings. The molecule has 0 aromatic heterocycles. The second-order valence-corrected chi connectivity index (χ2v) is 3.54. The Labute approximate surface area is 91.6 Å². The summed E-state index contributed by atoms with van der Waals surface area (Å²) < 4.78 is 6.14. The molecule has 0 radical (unpaired) electrons. The number of hydrogen-bond donors (Lipinski definition) is 0. The summed E-state index contributed by atoms with van der Waals surface area (Å²) in [5, 5.41) is 8.64. The molecular weight excluding hydrogens is 242 g/mol. The van der Waals surface area contributed by atoms with Crippen molar-refractivity contribution in [2.75, 3.05) is 0 Å². The summed E-state index contributed by atoms with van der Waals surface area (Å²) in [4.78, 5) is 0. The van der Waals surface area contributed by atoms with Crippen molar-refractivity contribution in [2.24, 2.45) is 0 Å². The topological polar surface area (TPSA) is 33.0 Å². The zero-order valence-electron chi connectivity index (χ0n) is 7.62. The van der Waals surface area contributed by atoms with E-state index in [-0.39, 0.29) is 6.10 Å². The SMILES string of the molecule is C#CC(C)Oc1ccc(C#N)cc1Br. The first-order chi connectivity index (χ1) is 6.67. The van der Waals surface area contributed by atoms with Crippen molar-refractivity contribution in [3.63, 3.8) is 0 Å². The highest BCUT2D eigenvalue weighted by Crippen LogP contribution is 2.26. The molecule has 1 aromatic carbocycles. The predicted molar refractivity (Wildman–Crippen MR) is 57.8 cm³/mol. The van der Waals surface area contributed by atoms with Gasteiger partial charge in [0.15, 0.2) is 6.10 Å². The molecule has 0 aliphatic carbocycles. The monoisotopic (exact) mass is 249 g/mol. The van der Waals surface area contributed by atoms with Gasteiger partial charge in [-0.3, -0.25) is 0 Å². The van der Waals surface area contributed by atoms with Gasteiger partial charge in [0.05, 0.1) is 16.1 Å². The number of rotatable bonds is 2. The van der Waals surface area contributed by atoms with E-state index in [2.05, 4.69) is 21.9 Å². The predicted octanol–water partition coefficient (Wildman–Crippen LogP) is 2.72. The average Bonchev–Trinajstić information content (AvgIpc) is 2.20. The van der Waals surface area contributed by atoms with E-state index in [0.717, 1.165) is 4.47 Å². The molecule has 0 saturated carbocycles. The molecule has 0 N–H and O–H groups in total. The Kier molecular flexibility index (Phi) is 3.56. The van der Waals surface area contributed by atoms with E-state index in [1.807, 2.05) is 6.07 Å². The summed E-state index contributed by atoms with van der Waals surface area (Å²) in [5.41, 5.74) is 0.581. The van der Waals surface area contributed by atoms with Crippen molar-refractivity contribution in [3.05, 3.63) is 28.2 Å². The average molecular weight is 250 g/mol. The van der Waals surface area contributed by atoms with E-state index in [1.165, 1.54) is 0 Å². The fraction of sp³-hybridized carbons (Fsp3) is 0.182. The lowest BCUT2D eigenvalue weighted by Crippen LogP contribution is -2.08. The van der Waals surface area contributed by atoms with Crippen LogP contribution < -0.4 is 4.74 Å². The van der Waals surface area contributed by atoms with Crippen LogP contribution in [0.15, 0.2) is 22.7 Å². The quantitative estimate of drug-likeness (QED) is 0.756. The molecule has 0 heterocycles. The maximum absolute atomic E-state index is 8.64. The van der Waals surface area contributed by atoms with Crippen molar-refractivity contribution >= 4 is 15.9 Å². The van der Waals surface area contributed by atoms with Crippen LogP contribution in [-0.2, 0) is 0 Å². The molecule has 1 unspecified atom stereocenters. The standard InChI is InChI=1S/C11H8BrNO/c1-3-8(2)14-11-5-4-9(7-13)6-10(11)12/h1,4-6,8H,2H3. The minimum Gasteiger partial charge on any atom is -0.477 e. The number of hydrogen-bond acceptors (Lipinski definition) is 2. The molecule has 1 aromatic rings. The van der Waals surface area contributed by atoms with Gasteiger partial charge in [0.25, 0.3) is 0 Å². The molecular formula is C11H8BrNO. The van der Waals surface area contributed by atoms with Crippen LogP contribution in [0.3, 0.4) is 0 Å². The summed E-state index contributed by atoms with van der Waals surface area (Å²) in [6.45, 7) is 1.78. The first-order valence-corrected chi connectivity index (χ1v) is 4.79. The van der Waals surface area contributed by atoms with Crippen LogP contribution in [0.4, 0.5) is 0 Å². The largest absolute Gasteiger partial charge is 0.477 e. The number of benzene rings is 1. The zero-order chi connectivity index (χ0) is 10.6. The van der Waals surface area contributed by atoms with E-state index in [9.17, 15) is 0 Å². The summed E-state index contributed by atoms with van der Waals surface area (Å²) >= 11 is 3.30. The van der Waals surface area contributed by atoms with Crippen LogP contribution in [0, 0.1) is 23.7 Å². The van der Waals surface area contributed by atoms with Crippen molar-refractivity contribution in [1.29, 1.82) is 5.26 Å². The molecule has 0 aliphatic heterocycles. The number of halogens is 1. The highest BCUT2D eigenvalue weighted by atomic mass is 79.9. The number of ether oxygens (including phenoxy) is 1. The summed E-state index contributed by atoms with van der Waals surface area (Å²) in [5.74, 6) is 3.11. The van der Waals surface area contributed by atoms with Gasteiger partial charge in [0.1, 0.15) is 5.75 Å². The van der Waals surface area contributed by atoms with Gasteiger partial charge in [-0.1, -0.05) is 5.92 Å². The Morgan fingerprint density at radius 1 is 1.57 bits per heavy atom. The van der Waals surface area contributed by atoms with E-state index in [1.54, 1.807) is 25.1 Å². The smallest absolute Gasteiger partial charge is 0.156 e. The molecule has 70 valence electrons. The molecule has 0 spiro atoms. The van der Waals surface area contributed by atoms with E-state index < -0.39 is 0 Å².